The van der Waals surface area contributed by atoms with Crippen molar-refractivity contribution in [1.29, 1.82) is 0 Å². The molecule has 1 aliphatic heterocycles. The molecule has 1 fully saturated rings. The Morgan fingerprint density at radius 3 is 3.17 bits per heavy atom. The molecule has 98 valence electrons. The Balaban J connectivity index is 1.98. The van der Waals surface area contributed by atoms with Crippen molar-refractivity contribution in [2.24, 2.45) is 5.92 Å². The number of ether oxygens (including phenoxy) is 1. The number of hydrogen-bond acceptors (Lipinski definition) is 6. The molecule has 1 unspecified atom stereocenters. The molecule has 0 aromatic carbocycles. The van der Waals surface area contributed by atoms with E-state index >= 15 is 0 Å². The number of nitrogens with zero attached hydrogens (tertiary/aromatic N) is 3. The molecule has 1 atom stereocenters. The predicted octanol–water partition coefficient (Wildman–Crippen LogP) is 0.627. The standard InChI is InChI=1S/C12H18N4O2/c1-16-4-3-9(7-16)5-14-11-10(12(17)18-2)6-13-8-15-11/h6,8-9H,3-5,7H2,1-2H3,(H,13,14,15). The molecule has 1 N–H and O–H groups in total. The van der Waals surface area contributed by atoms with Crippen molar-refractivity contribution in [1.82, 2.24) is 14.9 Å². The fraction of sp³-hybridized carbons (Fsp3) is 0.583. The second-order valence-corrected chi connectivity index (χ2v) is 4.57. The topological polar surface area (TPSA) is 67.3 Å². The molecule has 2 rings (SSSR count). The van der Waals surface area contributed by atoms with Gasteiger partial charge in [0.2, 0.25) is 0 Å². The number of hydrogen-bond donors (Lipinski definition) is 1. The number of aromatic nitrogens is 2. The first-order chi connectivity index (χ1) is 8.70. The average Bonchev–Trinajstić information content (AvgIpc) is 2.81. The fourth-order valence-corrected chi connectivity index (χ4v) is 2.16. The molecule has 0 bridgehead atoms. The molecular weight excluding hydrogens is 232 g/mol. The number of anilines is 1. The van der Waals surface area contributed by atoms with Gasteiger partial charge >= 0.3 is 5.97 Å². The van der Waals surface area contributed by atoms with Gasteiger partial charge in [0.1, 0.15) is 17.7 Å². The molecule has 6 nitrogen and oxygen atoms in total. The molecule has 0 saturated carbocycles. The van der Waals surface area contributed by atoms with Gasteiger partial charge in [0.25, 0.3) is 0 Å². The van der Waals surface area contributed by atoms with Crippen LogP contribution >= 0.6 is 0 Å². The lowest BCUT2D eigenvalue weighted by Crippen LogP contribution is -2.20. The van der Waals surface area contributed by atoms with Crippen LogP contribution in [-0.4, -0.2) is 54.6 Å². The normalized spacial score (nSPS) is 19.8. The summed E-state index contributed by atoms with van der Waals surface area (Å²) in [6.07, 6.45) is 4.07. The van der Waals surface area contributed by atoms with Gasteiger partial charge in [-0.1, -0.05) is 0 Å². The molecule has 18 heavy (non-hydrogen) atoms. The van der Waals surface area contributed by atoms with Gasteiger partial charge in [0.15, 0.2) is 0 Å². The van der Waals surface area contributed by atoms with Gasteiger partial charge in [-0.2, -0.15) is 0 Å². The van der Waals surface area contributed by atoms with E-state index in [4.69, 9.17) is 4.74 Å². The number of carbonyl (C=O) groups excluding carboxylic acids is 1. The SMILES string of the molecule is COC(=O)c1cncnc1NCC1CCN(C)C1. The summed E-state index contributed by atoms with van der Waals surface area (Å²) in [7, 11) is 3.47. The molecular formula is C12H18N4O2. The highest BCUT2D eigenvalue weighted by atomic mass is 16.5. The van der Waals surface area contributed by atoms with Gasteiger partial charge in [0, 0.05) is 19.3 Å². The maximum atomic E-state index is 11.5. The van der Waals surface area contributed by atoms with E-state index in [1.807, 2.05) is 0 Å². The third kappa shape index (κ3) is 2.95. The zero-order valence-electron chi connectivity index (χ0n) is 10.7. The Kier molecular flexibility index (Phi) is 4.09. The average molecular weight is 250 g/mol. The molecule has 0 spiro atoms. The molecule has 1 aliphatic rings. The highest BCUT2D eigenvalue weighted by molar-refractivity contribution is 5.94. The van der Waals surface area contributed by atoms with Gasteiger partial charge in [-0.15, -0.1) is 0 Å². The Morgan fingerprint density at radius 2 is 2.50 bits per heavy atom. The zero-order valence-corrected chi connectivity index (χ0v) is 10.7. The maximum absolute atomic E-state index is 11.5. The summed E-state index contributed by atoms with van der Waals surface area (Å²) in [5, 5.41) is 3.21. The van der Waals surface area contributed by atoms with E-state index in [1.54, 1.807) is 0 Å². The molecule has 0 radical (unpaired) electrons. The second-order valence-electron chi connectivity index (χ2n) is 4.57. The quantitative estimate of drug-likeness (QED) is 0.790. The van der Waals surface area contributed by atoms with Crippen molar-refractivity contribution < 1.29 is 9.53 Å². The number of rotatable bonds is 4. The maximum Gasteiger partial charge on any atom is 0.343 e. The molecule has 0 aliphatic carbocycles. The van der Waals surface area contributed by atoms with Crippen LogP contribution in [0.1, 0.15) is 16.8 Å². The van der Waals surface area contributed by atoms with Crippen molar-refractivity contribution in [3.8, 4) is 0 Å². The first kappa shape index (κ1) is 12.8. The number of methoxy groups -OCH3 is 1. The monoisotopic (exact) mass is 250 g/mol. The summed E-state index contributed by atoms with van der Waals surface area (Å²) in [5.74, 6) is 0.725. The van der Waals surface area contributed by atoms with Gasteiger partial charge in [0.05, 0.1) is 7.11 Å². The van der Waals surface area contributed by atoms with Crippen LogP contribution in [0.2, 0.25) is 0 Å². The Labute approximate surface area is 106 Å². The van der Waals surface area contributed by atoms with E-state index < -0.39 is 5.97 Å². The summed E-state index contributed by atoms with van der Waals surface area (Å²) < 4.78 is 4.70. The lowest BCUT2D eigenvalue weighted by atomic mass is 10.1. The van der Waals surface area contributed by atoms with E-state index in [1.165, 1.54) is 26.1 Å². The van der Waals surface area contributed by atoms with Crippen LogP contribution in [0.15, 0.2) is 12.5 Å². The van der Waals surface area contributed by atoms with E-state index in [2.05, 4.69) is 27.2 Å². The summed E-state index contributed by atoms with van der Waals surface area (Å²) in [6.45, 7) is 3.01. The van der Waals surface area contributed by atoms with E-state index in [9.17, 15) is 4.79 Å². The molecule has 1 saturated heterocycles. The predicted molar refractivity (Wildman–Crippen MR) is 67.5 cm³/mol. The summed E-state index contributed by atoms with van der Waals surface area (Å²) >= 11 is 0. The van der Waals surface area contributed by atoms with Gasteiger partial charge in [-0.25, -0.2) is 14.8 Å². The molecule has 2 heterocycles. The third-order valence-electron chi connectivity index (χ3n) is 3.16. The largest absolute Gasteiger partial charge is 0.465 e. The highest BCUT2D eigenvalue weighted by Crippen LogP contribution is 2.17. The molecule has 1 aromatic rings. The van der Waals surface area contributed by atoms with Crippen LogP contribution in [0, 0.1) is 5.92 Å². The van der Waals surface area contributed by atoms with Gasteiger partial charge < -0.3 is 15.0 Å². The Hall–Kier alpha value is -1.69. The fourth-order valence-electron chi connectivity index (χ4n) is 2.16. The Bertz CT molecular complexity index is 424. The molecule has 6 heteroatoms. The van der Waals surface area contributed by atoms with E-state index in [0.717, 1.165) is 19.6 Å². The summed E-state index contributed by atoms with van der Waals surface area (Å²) in [4.78, 5) is 21.8. The van der Waals surface area contributed by atoms with Crippen LogP contribution in [-0.2, 0) is 4.74 Å². The highest BCUT2D eigenvalue weighted by Gasteiger charge is 2.20. The van der Waals surface area contributed by atoms with Gasteiger partial charge in [-0.3, -0.25) is 0 Å². The van der Waals surface area contributed by atoms with Crippen LogP contribution in [0.3, 0.4) is 0 Å². The first-order valence-corrected chi connectivity index (χ1v) is 6.01. The van der Waals surface area contributed by atoms with Crippen molar-refractivity contribution in [2.75, 3.05) is 39.1 Å². The van der Waals surface area contributed by atoms with Gasteiger partial charge in [-0.05, 0) is 25.9 Å². The number of nitrogens with one attached hydrogen (secondary N) is 1. The zero-order chi connectivity index (χ0) is 13.0. The van der Waals surface area contributed by atoms with Crippen molar-refractivity contribution >= 4 is 11.8 Å². The van der Waals surface area contributed by atoms with Crippen LogP contribution in [0.4, 0.5) is 5.82 Å². The number of esters is 1. The van der Waals surface area contributed by atoms with Crippen molar-refractivity contribution in [2.45, 2.75) is 6.42 Å². The van der Waals surface area contributed by atoms with Crippen LogP contribution < -0.4 is 5.32 Å². The lowest BCUT2D eigenvalue weighted by Gasteiger charge is -2.13. The summed E-state index contributed by atoms with van der Waals surface area (Å²) in [6, 6.07) is 0. The van der Waals surface area contributed by atoms with Crippen LogP contribution in [0.5, 0.6) is 0 Å². The van der Waals surface area contributed by atoms with E-state index in [0.29, 0.717) is 17.3 Å². The Morgan fingerprint density at radius 1 is 1.67 bits per heavy atom. The number of likely N-dealkylation sites (tertiary alicyclic amines) is 1. The summed E-state index contributed by atoms with van der Waals surface area (Å²) in [5.41, 5.74) is 0.381. The smallest absolute Gasteiger partial charge is 0.343 e. The minimum Gasteiger partial charge on any atom is -0.465 e. The van der Waals surface area contributed by atoms with Crippen molar-refractivity contribution in [3.05, 3.63) is 18.1 Å². The second kappa shape index (κ2) is 5.77. The third-order valence-corrected chi connectivity index (χ3v) is 3.16. The van der Waals surface area contributed by atoms with E-state index in [-0.39, 0.29) is 0 Å². The minimum absolute atomic E-state index is 0.381. The molecule has 1 aromatic heterocycles. The van der Waals surface area contributed by atoms with Crippen molar-refractivity contribution in [3.63, 3.8) is 0 Å². The van der Waals surface area contributed by atoms with Crippen LogP contribution in [0.25, 0.3) is 0 Å². The first-order valence-electron chi connectivity index (χ1n) is 6.01. The minimum atomic E-state index is -0.415. The molecule has 0 amide bonds. The number of carbonyl (C=O) groups is 1. The lowest BCUT2D eigenvalue weighted by molar-refractivity contribution is 0.0601.